The van der Waals surface area contributed by atoms with Crippen LogP contribution in [0.4, 0.5) is 0 Å². The number of piperidine rings is 1. The quantitative estimate of drug-likeness (QED) is 0.908. The number of nitrogens with zero attached hydrogens (tertiary/aromatic N) is 2. The first kappa shape index (κ1) is 17.3. The maximum absolute atomic E-state index is 12.6. The van der Waals surface area contributed by atoms with Gasteiger partial charge in [0.15, 0.2) is 0 Å². The molecule has 0 unspecified atom stereocenters. The van der Waals surface area contributed by atoms with Gasteiger partial charge in [-0.15, -0.1) is 0 Å². The van der Waals surface area contributed by atoms with Crippen LogP contribution in [0.1, 0.15) is 24.4 Å². The molecule has 0 radical (unpaired) electrons. The lowest BCUT2D eigenvalue weighted by molar-refractivity contribution is -0.150. The highest BCUT2D eigenvalue weighted by Crippen LogP contribution is 2.37. The Balaban J connectivity index is 2.33. The summed E-state index contributed by atoms with van der Waals surface area (Å²) in [7, 11) is 3.12. The Hall–Kier alpha value is -2.08. The Kier molecular flexibility index (Phi) is 5.26. The van der Waals surface area contributed by atoms with Crippen molar-refractivity contribution in [2.75, 3.05) is 20.6 Å². The number of aliphatic carboxylic acids is 1. The summed E-state index contributed by atoms with van der Waals surface area (Å²) in [6.45, 7) is -0.366. The Morgan fingerprint density at radius 3 is 2.74 bits per heavy atom. The van der Waals surface area contributed by atoms with Crippen molar-refractivity contribution in [2.45, 2.75) is 18.9 Å². The molecule has 7 heteroatoms. The van der Waals surface area contributed by atoms with Crippen molar-refractivity contribution < 1.29 is 19.5 Å². The zero-order valence-electron chi connectivity index (χ0n) is 13.0. The number of hydrogen-bond donors (Lipinski definition) is 1. The SMILES string of the molecule is CN(CC(=O)O)C(=O)[C@H]1CCC(=O)N(C)[C@H]1c1cccc(Cl)c1. The highest BCUT2D eigenvalue weighted by molar-refractivity contribution is 6.30. The van der Waals surface area contributed by atoms with Crippen LogP contribution in [-0.2, 0) is 14.4 Å². The standard InChI is InChI=1S/C16H19ClN2O4/c1-18(9-14(21)22)16(23)12-6-7-13(20)19(2)15(12)10-4-3-5-11(17)8-10/h3-5,8,12,15H,6-7,9H2,1-2H3,(H,21,22)/t12-,15-/m0/s1. The molecule has 1 aromatic carbocycles. The lowest BCUT2D eigenvalue weighted by Gasteiger charge is -2.39. The maximum atomic E-state index is 12.6. The summed E-state index contributed by atoms with van der Waals surface area (Å²) < 4.78 is 0. The van der Waals surface area contributed by atoms with Crippen LogP contribution < -0.4 is 0 Å². The van der Waals surface area contributed by atoms with Crippen molar-refractivity contribution >= 4 is 29.4 Å². The first-order valence-corrected chi connectivity index (χ1v) is 7.67. The summed E-state index contributed by atoms with van der Waals surface area (Å²) in [6.07, 6.45) is 0.661. The second kappa shape index (κ2) is 7.00. The van der Waals surface area contributed by atoms with Gasteiger partial charge in [0.1, 0.15) is 6.54 Å². The first-order valence-electron chi connectivity index (χ1n) is 7.29. The van der Waals surface area contributed by atoms with Crippen molar-refractivity contribution in [3.05, 3.63) is 34.9 Å². The molecule has 1 heterocycles. The van der Waals surface area contributed by atoms with Gasteiger partial charge in [0.25, 0.3) is 0 Å². The minimum Gasteiger partial charge on any atom is -0.480 e. The van der Waals surface area contributed by atoms with Crippen LogP contribution >= 0.6 is 11.6 Å². The molecule has 1 aliphatic rings. The van der Waals surface area contributed by atoms with Gasteiger partial charge in [-0.2, -0.15) is 0 Å². The third-order valence-electron chi connectivity index (χ3n) is 4.12. The normalized spacial score (nSPS) is 21.2. The van der Waals surface area contributed by atoms with Gasteiger partial charge >= 0.3 is 5.97 Å². The molecule has 2 atom stereocenters. The Morgan fingerprint density at radius 2 is 2.13 bits per heavy atom. The third-order valence-corrected chi connectivity index (χ3v) is 4.35. The predicted octanol–water partition coefficient (Wildman–Crippen LogP) is 1.79. The predicted molar refractivity (Wildman–Crippen MR) is 85.0 cm³/mol. The lowest BCUT2D eigenvalue weighted by Crippen LogP contribution is -2.47. The summed E-state index contributed by atoms with van der Waals surface area (Å²) in [6, 6.07) is 6.61. The molecule has 0 spiro atoms. The van der Waals surface area contributed by atoms with E-state index in [9.17, 15) is 14.4 Å². The van der Waals surface area contributed by atoms with E-state index in [1.165, 1.54) is 11.9 Å². The zero-order chi connectivity index (χ0) is 17.1. The van der Waals surface area contributed by atoms with Gasteiger partial charge in [0, 0.05) is 25.5 Å². The fourth-order valence-corrected chi connectivity index (χ4v) is 3.21. The van der Waals surface area contributed by atoms with Crippen LogP contribution in [0, 0.1) is 5.92 Å². The molecule has 1 aromatic rings. The van der Waals surface area contributed by atoms with Crippen molar-refractivity contribution in [2.24, 2.45) is 5.92 Å². The van der Waals surface area contributed by atoms with Crippen molar-refractivity contribution in [3.8, 4) is 0 Å². The molecule has 0 bridgehead atoms. The van der Waals surface area contributed by atoms with E-state index in [2.05, 4.69) is 0 Å². The minimum absolute atomic E-state index is 0.0417. The van der Waals surface area contributed by atoms with Gasteiger partial charge in [-0.25, -0.2) is 0 Å². The van der Waals surface area contributed by atoms with E-state index in [1.807, 2.05) is 6.07 Å². The lowest BCUT2D eigenvalue weighted by atomic mass is 9.83. The van der Waals surface area contributed by atoms with Gasteiger partial charge < -0.3 is 14.9 Å². The number of likely N-dealkylation sites (N-methyl/N-ethyl adjacent to an activating group) is 1. The Labute approximate surface area is 139 Å². The molecule has 23 heavy (non-hydrogen) atoms. The van der Waals surface area contributed by atoms with Crippen LogP contribution in [0.2, 0.25) is 5.02 Å². The van der Waals surface area contributed by atoms with Crippen molar-refractivity contribution in [1.82, 2.24) is 9.80 Å². The zero-order valence-corrected chi connectivity index (χ0v) is 13.8. The largest absolute Gasteiger partial charge is 0.480 e. The number of carboxylic acids is 1. The molecule has 124 valence electrons. The van der Waals surface area contributed by atoms with Crippen LogP contribution in [0.15, 0.2) is 24.3 Å². The molecule has 1 saturated heterocycles. The van der Waals surface area contributed by atoms with E-state index in [-0.39, 0.29) is 24.8 Å². The summed E-state index contributed by atoms with van der Waals surface area (Å²) in [5, 5.41) is 9.40. The average Bonchev–Trinajstić information content (AvgIpc) is 2.48. The summed E-state index contributed by atoms with van der Waals surface area (Å²) in [4.78, 5) is 38.3. The smallest absolute Gasteiger partial charge is 0.323 e. The van der Waals surface area contributed by atoms with Gasteiger partial charge in [-0.05, 0) is 24.1 Å². The number of carbonyl (C=O) groups is 3. The van der Waals surface area contributed by atoms with Gasteiger partial charge in [-0.1, -0.05) is 23.7 Å². The minimum atomic E-state index is -1.07. The third kappa shape index (κ3) is 3.82. The number of carboxylic acid groups (broad SMARTS) is 1. The van der Waals surface area contributed by atoms with Gasteiger partial charge in [0.2, 0.25) is 11.8 Å². The number of halogens is 1. The number of amides is 2. The van der Waals surface area contributed by atoms with E-state index in [0.717, 1.165) is 5.56 Å². The number of benzene rings is 1. The Morgan fingerprint density at radius 1 is 1.43 bits per heavy atom. The van der Waals surface area contributed by atoms with Crippen molar-refractivity contribution in [1.29, 1.82) is 0 Å². The number of hydrogen-bond acceptors (Lipinski definition) is 3. The highest BCUT2D eigenvalue weighted by atomic mass is 35.5. The van der Waals surface area contributed by atoms with E-state index in [1.54, 1.807) is 30.1 Å². The van der Waals surface area contributed by atoms with E-state index < -0.39 is 17.9 Å². The fraction of sp³-hybridized carbons (Fsp3) is 0.438. The molecule has 0 saturated carbocycles. The molecule has 1 N–H and O–H groups in total. The number of carbonyl (C=O) groups excluding carboxylic acids is 2. The summed E-state index contributed by atoms with van der Waals surface area (Å²) in [5.74, 6) is -1.88. The summed E-state index contributed by atoms with van der Waals surface area (Å²) >= 11 is 6.03. The maximum Gasteiger partial charge on any atom is 0.323 e. The molecule has 1 aliphatic heterocycles. The topological polar surface area (TPSA) is 77.9 Å². The Bertz CT molecular complexity index is 634. The fourth-order valence-electron chi connectivity index (χ4n) is 3.01. The molecule has 2 rings (SSSR count). The van der Waals surface area contributed by atoms with Crippen LogP contribution in [0.5, 0.6) is 0 Å². The van der Waals surface area contributed by atoms with E-state index >= 15 is 0 Å². The molecular weight excluding hydrogens is 320 g/mol. The second-order valence-electron chi connectivity index (χ2n) is 5.74. The number of likely N-dealkylation sites (tertiary alicyclic amines) is 1. The first-order chi connectivity index (χ1) is 10.8. The average molecular weight is 339 g/mol. The second-order valence-corrected chi connectivity index (χ2v) is 6.17. The van der Waals surface area contributed by atoms with Gasteiger partial charge in [0.05, 0.1) is 12.0 Å². The van der Waals surface area contributed by atoms with Crippen molar-refractivity contribution in [3.63, 3.8) is 0 Å². The van der Waals surface area contributed by atoms with Gasteiger partial charge in [-0.3, -0.25) is 14.4 Å². The molecule has 2 amide bonds. The summed E-state index contributed by atoms with van der Waals surface area (Å²) in [5.41, 5.74) is 0.773. The molecule has 1 fully saturated rings. The van der Waals surface area contributed by atoms with Crippen LogP contribution in [0.3, 0.4) is 0 Å². The number of rotatable bonds is 4. The molecule has 0 aromatic heterocycles. The van der Waals surface area contributed by atoms with Crippen LogP contribution in [0.25, 0.3) is 0 Å². The molecule has 6 nitrogen and oxygen atoms in total. The molecule has 0 aliphatic carbocycles. The molecular formula is C16H19ClN2O4. The van der Waals surface area contributed by atoms with E-state index in [0.29, 0.717) is 11.4 Å². The van der Waals surface area contributed by atoms with E-state index in [4.69, 9.17) is 16.7 Å². The highest BCUT2D eigenvalue weighted by Gasteiger charge is 2.40. The monoisotopic (exact) mass is 338 g/mol. The van der Waals surface area contributed by atoms with Crippen LogP contribution in [-0.4, -0.2) is 53.3 Å².